The van der Waals surface area contributed by atoms with Crippen molar-refractivity contribution in [2.45, 2.75) is 56.7 Å². The Kier molecular flexibility index (Phi) is 5.22. The maximum absolute atomic E-state index is 6.28. The molecule has 4 rings (SSSR count). The molecule has 2 aliphatic rings. The number of rotatable bonds is 6. The molecule has 0 amide bonds. The molecule has 2 saturated heterocycles. The standard InChI is InChI=1S/C22H27NO2/c1-2-6-17(7-3-1)12-13-24-20-10-5-11-21(16-20)25-22-14-18-8-4-9-19(15-22)23-18/h1-3,5-7,10-11,16,18-19,22-23H,4,8-9,12-15H2. The van der Waals surface area contributed by atoms with Gasteiger partial charge >= 0.3 is 0 Å². The Morgan fingerprint density at radius 2 is 1.64 bits per heavy atom. The highest BCUT2D eigenvalue weighted by Gasteiger charge is 2.32. The molecule has 2 aliphatic heterocycles. The van der Waals surface area contributed by atoms with E-state index in [1.807, 2.05) is 30.3 Å². The number of nitrogens with one attached hydrogen (secondary N) is 1. The van der Waals surface area contributed by atoms with Gasteiger partial charge in [0.2, 0.25) is 0 Å². The lowest BCUT2D eigenvalue weighted by Crippen LogP contribution is -2.51. The molecule has 2 atom stereocenters. The Morgan fingerprint density at radius 1 is 0.880 bits per heavy atom. The number of hydrogen-bond acceptors (Lipinski definition) is 3. The van der Waals surface area contributed by atoms with Crippen molar-refractivity contribution in [3.63, 3.8) is 0 Å². The highest BCUT2D eigenvalue weighted by atomic mass is 16.5. The topological polar surface area (TPSA) is 30.5 Å². The molecular formula is C22H27NO2. The fourth-order valence-electron chi connectivity index (χ4n) is 4.07. The second-order valence-corrected chi connectivity index (χ2v) is 7.26. The monoisotopic (exact) mass is 337 g/mol. The van der Waals surface area contributed by atoms with Crippen molar-refractivity contribution >= 4 is 0 Å². The molecule has 3 heteroatoms. The minimum atomic E-state index is 0.330. The van der Waals surface area contributed by atoms with Crippen LogP contribution < -0.4 is 14.8 Å². The van der Waals surface area contributed by atoms with E-state index in [1.165, 1.54) is 24.8 Å². The van der Waals surface area contributed by atoms with Gasteiger partial charge in [-0.05, 0) is 43.4 Å². The van der Waals surface area contributed by atoms with Crippen LogP contribution in [0.4, 0.5) is 0 Å². The van der Waals surface area contributed by atoms with Crippen molar-refractivity contribution in [3.05, 3.63) is 60.2 Å². The van der Waals surface area contributed by atoms with Crippen molar-refractivity contribution in [1.82, 2.24) is 5.32 Å². The molecule has 0 aromatic heterocycles. The van der Waals surface area contributed by atoms with E-state index in [9.17, 15) is 0 Å². The van der Waals surface area contributed by atoms with Gasteiger partial charge in [0.15, 0.2) is 0 Å². The summed E-state index contributed by atoms with van der Waals surface area (Å²) < 4.78 is 12.2. The van der Waals surface area contributed by atoms with Crippen LogP contribution in [0.2, 0.25) is 0 Å². The van der Waals surface area contributed by atoms with Gasteiger partial charge in [-0.15, -0.1) is 0 Å². The fourth-order valence-corrected chi connectivity index (χ4v) is 4.07. The van der Waals surface area contributed by atoms with Crippen molar-refractivity contribution in [1.29, 1.82) is 0 Å². The number of ether oxygens (including phenoxy) is 2. The number of benzene rings is 2. The van der Waals surface area contributed by atoms with E-state index < -0.39 is 0 Å². The Hall–Kier alpha value is -2.00. The van der Waals surface area contributed by atoms with Crippen molar-refractivity contribution in [2.24, 2.45) is 0 Å². The lowest BCUT2D eigenvalue weighted by atomic mass is 9.85. The summed E-state index contributed by atoms with van der Waals surface area (Å²) in [6.07, 6.45) is 7.43. The van der Waals surface area contributed by atoms with E-state index in [0.717, 1.165) is 30.8 Å². The summed E-state index contributed by atoms with van der Waals surface area (Å²) in [5.41, 5.74) is 1.30. The molecule has 0 spiro atoms. The first-order valence-electron chi connectivity index (χ1n) is 9.55. The zero-order chi connectivity index (χ0) is 16.9. The summed E-state index contributed by atoms with van der Waals surface area (Å²) >= 11 is 0. The summed E-state index contributed by atoms with van der Waals surface area (Å²) in [7, 11) is 0. The number of piperidine rings is 2. The van der Waals surface area contributed by atoms with Gasteiger partial charge in [0.05, 0.1) is 6.61 Å². The van der Waals surface area contributed by atoms with Crippen molar-refractivity contribution in [3.8, 4) is 11.5 Å². The molecule has 132 valence electrons. The summed E-state index contributed by atoms with van der Waals surface area (Å²) in [6.45, 7) is 0.685. The smallest absolute Gasteiger partial charge is 0.123 e. The molecule has 2 aromatic carbocycles. The first-order valence-corrected chi connectivity index (χ1v) is 9.55. The van der Waals surface area contributed by atoms with Gasteiger partial charge in [0, 0.05) is 24.6 Å². The van der Waals surface area contributed by atoms with Crippen LogP contribution in [0.3, 0.4) is 0 Å². The molecule has 0 aliphatic carbocycles. The highest BCUT2D eigenvalue weighted by Crippen LogP contribution is 2.29. The van der Waals surface area contributed by atoms with Gasteiger partial charge in [0.1, 0.15) is 17.6 Å². The molecule has 0 radical (unpaired) electrons. The number of fused-ring (bicyclic) bond motifs is 2. The maximum Gasteiger partial charge on any atom is 0.123 e. The van der Waals surface area contributed by atoms with Crippen LogP contribution in [0.1, 0.15) is 37.7 Å². The second-order valence-electron chi connectivity index (χ2n) is 7.26. The van der Waals surface area contributed by atoms with Crippen molar-refractivity contribution < 1.29 is 9.47 Å². The van der Waals surface area contributed by atoms with Gasteiger partial charge in [-0.3, -0.25) is 0 Å². The Morgan fingerprint density at radius 3 is 2.44 bits per heavy atom. The van der Waals surface area contributed by atoms with Gasteiger partial charge < -0.3 is 14.8 Å². The zero-order valence-electron chi connectivity index (χ0n) is 14.7. The summed E-state index contributed by atoms with van der Waals surface area (Å²) in [5.74, 6) is 1.82. The van der Waals surface area contributed by atoms with Gasteiger partial charge in [-0.1, -0.05) is 42.8 Å². The van der Waals surface area contributed by atoms with Crippen LogP contribution in [0, 0.1) is 0 Å². The fraction of sp³-hybridized carbons (Fsp3) is 0.455. The Balaban J connectivity index is 1.30. The van der Waals surface area contributed by atoms with Crippen molar-refractivity contribution in [2.75, 3.05) is 6.61 Å². The van der Waals surface area contributed by atoms with E-state index >= 15 is 0 Å². The van der Waals surface area contributed by atoms with Crippen LogP contribution in [-0.4, -0.2) is 24.8 Å². The van der Waals surface area contributed by atoms with Crippen LogP contribution >= 0.6 is 0 Å². The molecular weight excluding hydrogens is 310 g/mol. The van der Waals surface area contributed by atoms with Crippen LogP contribution in [0.15, 0.2) is 54.6 Å². The molecule has 0 saturated carbocycles. The quantitative estimate of drug-likeness (QED) is 0.849. The minimum absolute atomic E-state index is 0.330. The minimum Gasteiger partial charge on any atom is -0.493 e. The summed E-state index contributed by atoms with van der Waals surface area (Å²) in [5, 5.41) is 3.72. The second kappa shape index (κ2) is 7.92. The van der Waals surface area contributed by atoms with E-state index in [0.29, 0.717) is 24.8 Å². The third-order valence-electron chi connectivity index (χ3n) is 5.28. The van der Waals surface area contributed by atoms with Crippen LogP contribution in [-0.2, 0) is 6.42 Å². The lowest BCUT2D eigenvalue weighted by molar-refractivity contribution is 0.0925. The first-order chi connectivity index (χ1) is 12.3. The predicted molar refractivity (Wildman–Crippen MR) is 100 cm³/mol. The molecule has 2 bridgehead atoms. The van der Waals surface area contributed by atoms with Gasteiger partial charge in [-0.2, -0.15) is 0 Å². The van der Waals surface area contributed by atoms with Gasteiger partial charge in [-0.25, -0.2) is 0 Å². The SMILES string of the molecule is c1ccc(CCOc2cccc(OC3CC4CCCC(C3)N4)c2)cc1. The first kappa shape index (κ1) is 16.5. The van der Waals surface area contributed by atoms with Gasteiger partial charge in [0.25, 0.3) is 0 Å². The third kappa shape index (κ3) is 4.55. The molecule has 2 unspecified atom stereocenters. The van der Waals surface area contributed by atoms with E-state index in [1.54, 1.807) is 0 Å². The molecule has 25 heavy (non-hydrogen) atoms. The van der Waals surface area contributed by atoms with Crippen LogP contribution in [0.5, 0.6) is 11.5 Å². The predicted octanol–water partition coefficient (Wildman–Crippen LogP) is 4.36. The molecule has 2 aromatic rings. The normalized spacial score (nSPS) is 25.4. The molecule has 3 nitrogen and oxygen atoms in total. The molecule has 2 fully saturated rings. The zero-order valence-corrected chi connectivity index (χ0v) is 14.7. The lowest BCUT2D eigenvalue weighted by Gasteiger charge is -2.40. The Labute approximate surface area is 150 Å². The Bertz CT molecular complexity index is 661. The third-order valence-corrected chi connectivity index (χ3v) is 5.28. The van der Waals surface area contributed by atoms with E-state index in [-0.39, 0.29) is 0 Å². The maximum atomic E-state index is 6.28. The summed E-state index contributed by atoms with van der Waals surface area (Å²) in [4.78, 5) is 0. The van der Waals surface area contributed by atoms with E-state index in [4.69, 9.17) is 9.47 Å². The molecule has 2 heterocycles. The average molecular weight is 337 g/mol. The largest absolute Gasteiger partial charge is 0.493 e. The van der Waals surface area contributed by atoms with E-state index in [2.05, 4.69) is 29.6 Å². The average Bonchev–Trinajstić information content (AvgIpc) is 2.63. The highest BCUT2D eigenvalue weighted by molar-refractivity contribution is 5.33. The summed E-state index contributed by atoms with van der Waals surface area (Å²) in [6, 6.07) is 19.8. The number of hydrogen-bond donors (Lipinski definition) is 1. The van der Waals surface area contributed by atoms with Crippen LogP contribution in [0.25, 0.3) is 0 Å². The molecule has 1 N–H and O–H groups in total.